The number of benzene rings is 2. The quantitative estimate of drug-likeness (QED) is 0.418. The standard InChI is InChI=1S/C23H17F2N3OS/c1-2-3-13-4-6-14(7-5-13)19-11-9-16-20(26)21(30-23(16)28-19)22(29)27-15-8-10-17(24)18(25)12-15/h2-12H,26H2,1H3,(H,27,29). The second-order valence-electron chi connectivity index (χ2n) is 6.60. The zero-order valence-electron chi connectivity index (χ0n) is 15.9. The van der Waals surface area contributed by atoms with E-state index in [0.29, 0.717) is 15.9 Å². The normalized spacial score (nSPS) is 11.3. The van der Waals surface area contributed by atoms with Crippen LogP contribution < -0.4 is 11.1 Å². The van der Waals surface area contributed by atoms with Gasteiger partial charge in [-0.3, -0.25) is 4.79 Å². The third-order valence-corrected chi connectivity index (χ3v) is 5.66. The molecule has 0 aliphatic rings. The van der Waals surface area contributed by atoms with E-state index < -0.39 is 17.5 Å². The van der Waals surface area contributed by atoms with Crippen LogP contribution in [0.4, 0.5) is 20.2 Å². The van der Waals surface area contributed by atoms with Crippen molar-refractivity contribution in [3.8, 4) is 11.3 Å². The summed E-state index contributed by atoms with van der Waals surface area (Å²) in [6, 6.07) is 14.8. The van der Waals surface area contributed by atoms with Gasteiger partial charge in [0.05, 0.1) is 11.4 Å². The fourth-order valence-corrected chi connectivity index (χ4v) is 4.03. The first-order valence-electron chi connectivity index (χ1n) is 9.15. The van der Waals surface area contributed by atoms with E-state index >= 15 is 0 Å². The van der Waals surface area contributed by atoms with Crippen LogP contribution in [0.1, 0.15) is 22.2 Å². The van der Waals surface area contributed by atoms with Crippen LogP contribution in [-0.2, 0) is 0 Å². The summed E-state index contributed by atoms with van der Waals surface area (Å²) >= 11 is 1.15. The monoisotopic (exact) mass is 421 g/mol. The third-order valence-electron chi connectivity index (χ3n) is 4.54. The van der Waals surface area contributed by atoms with Gasteiger partial charge in [0.25, 0.3) is 5.91 Å². The number of halogens is 2. The summed E-state index contributed by atoms with van der Waals surface area (Å²) in [6.07, 6.45) is 3.99. The van der Waals surface area contributed by atoms with Crippen molar-refractivity contribution < 1.29 is 13.6 Å². The number of hydrogen-bond acceptors (Lipinski definition) is 4. The topological polar surface area (TPSA) is 68.0 Å². The van der Waals surface area contributed by atoms with Crippen LogP contribution in [0.25, 0.3) is 27.6 Å². The third kappa shape index (κ3) is 3.79. The van der Waals surface area contributed by atoms with E-state index in [1.165, 1.54) is 6.07 Å². The molecule has 0 radical (unpaired) electrons. The Kier molecular flexibility index (Phi) is 5.29. The lowest BCUT2D eigenvalue weighted by atomic mass is 10.1. The highest BCUT2D eigenvalue weighted by Crippen LogP contribution is 2.34. The zero-order chi connectivity index (χ0) is 21.3. The van der Waals surface area contributed by atoms with Gasteiger partial charge in [-0.15, -0.1) is 11.3 Å². The number of nitrogens with one attached hydrogen (secondary N) is 1. The number of nitrogen functional groups attached to an aromatic ring is 1. The van der Waals surface area contributed by atoms with Gasteiger partial charge in [-0.25, -0.2) is 13.8 Å². The minimum Gasteiger partial charge on any atom is -0.397 e. The van der Waals surface area contributed by atoms with Gasteiger partial charge in [-0.05, 0) is 36.8 Å². The number of thiophene rings is 1. The molecule has 0 saturated heterocycles. The van der Waals surface area contributed by atoms with E-state index in [1.54, 1.807) is 0 Å². The fraction of sp³-hybridized carbons (Fsp3) is 0.0435. The number of nitrogens with zero attached hydrogens (tertiary/aromatic N) is 1. The Morgan fingerprint density at radius 1 is 1.07 bits per heavy atom. The first-order chi connectivity index (χ1) is 14.5. The summed E-state index contributed by atoms with van der Waals surface area (Å²) in [7, 11) is 0. The van der Waals surface area contributed by atoms with Crippen molar-refractivity contribution >= 4 is 44.9 Å². The molecule has 30 heavy (non-hydrogen) atoms. The number of carbonyl (C=O) groups is 1. The maximum Gasteiger partial charge on any atom is 0.267 e. The maximum atomic E-state index is 13.4. The van der Waals surface area contributed by atoms with Crippen molar-refractivity contribution in [2.45, 2.75) is 6.92 Å². The van der Waals surface area contributed by atoms with E-state index in [4.69, 9.17) is 5.73 Å². The van der Waals surface area contributed by atoms with Crippen LogP contribution in [0.15, 0.2) is 60.7 Å². The number of allylic oxidation sites excluding steroid dienone is 1. The van der Waals surface area contributed by atoms with Crippen molar-refractivity contribution in [1.29, 1.82) is 0 Å². The highest BCUT2D eigenvalue weighted by molar-refractivity contribution is 7.21. The van der Waals surface area contributed by atoms with Gasteiger partial charge in [0.15, 0.2) is 11.6 Å². The van der Waals surface area contributed by atoms with E-state index in [0.717, 1.165) is 40.3 Å². The van der Waals surface area contributed by atoms with Crippen molar-refractivity contribution in [2.75, 3.05) is 11.1 Å². The lowest BCUT2D eigenvalue weighted by molar-refractivity contribution is 0.103. The Hall–Kier alpha value is -3.58. The number of pyridine rings is 1. The second-order valence-corrected chi connectivity index (χ2v) is 7.60. The van der Waals surface area contributed by atoms with E-state index in [-0.39, 0.29) is 10.6 Å². The van der Waals surface area contributed by atoms with Gasteiger partial charge in [0.1, 0.15) is 9.71 Å². The smallest absolute Gasteiger partial charge is 0.267 e. The van der Waals surface area contributed by atoms with Gasteiger partial charge in [-0.1, -0.05) is 36.4 Å². The van der Waals surface area contributed by atoms with E-state index in [1.807, 2.05) is 55.5 Å². The van der Waals surface area contributed by atoms with Crippen molar-refractivity contribution in [1.82, 2.24) is 4.98 Å². The minimum atomic E-state index is -1.04. The molecular weight excluding hydrogens is 404 g/mol. The summed E-state index contributed by atoms with van der Waals surface area (Å²) < 4.78 is 26.5. The molecule has 3 N–H and O–H groups in total. The lowest BCUT2D eigenvalue weighted by Crippen LogP contribution is -2.12. The van der Waals surface area contributed by atoms with E-state index in [2.05, 4.69) is 10.3 Å². The highest BCUT2D eigenvalue weighted by Gasteiger charge is 2.18. The predicted molar refractivity (Wildman–Crippen MR) is 118 cm³/mol. The number of carbonyl (C=O) groups excluding carboxylic acids is 1. The molecule has 0 fully saturated rings. The van der Waals surface area contributed by atoms with Crippen LogP contribution in [0.5, 0.6) is 0 Å². The molecule has 0 aliphatic heterocycles. The highest BCUT2D eigenvalue weighted by atomic mass is 32.1. The lowest BCUT2D eigenvalue weighted by Gasteiger charge is -2.04. The van der Waals surface area contributed by atoms with Crippen LogP contribution in [0.3, 0.4) is 0 Å². The van der Waals surface area contributed by atoms with Crippen molar-refractivity contribution in [2.24, 2.45) is 0 Å². The zero-order valence-corrected chi connectivity index (χ0v) is 16.8. The summed E-state index contributed by atoms with van der Waals surface area (Å²) in [4.78, 5) is 18.2. The summed E-state index contributed by atoms with van der Waals surface area (Å²) in [5.41, 5.74) is 9.42. The molecule has 2 aromatic carbocycles. The largest absolute Gasteiger partial charge is 0.397 e. The molecule has 0 atom stereocenters. The van der Waals surface area contributed by atoms with Crippen molar-refractivity contribution in [3.05, 3.63) is 82.7 Å². The molecule has 4 rings (SSSR count). The number of amides is 1. The molecule has 150 valence electrons. The molecule has 2 heterocycles. The Morgan fingerprint density at radius 3 is 2.53 bits per heavy atom. The summed E-state index contributed by atoms with van der Waals surface area (Å²) in [6.45, 7) is 1.96. The molecule has 1 amide bonds. The van der Waals surface area contributed by atoms with E-state index in [9.17, 15) is 13.6 Å². The molecule has 0 spiro atoms. The van der Waals surface area contributed by atoms with Gasteiger partial charge >= 0.3 is 0 Å². The van der Waals surface area contributed by atoms with Crippen molar-refractivity contribution in [3.63, 3.8) is 0 Å². The fourth-order valence-electron chi connectivity index (χ4n) is 3.05. The Balaban J connectivity index is 1.64. The average Bonchev–Trinajstić information content (AvgIpc) is 3.08. The first kappa shape index (κ1) is 19.7. The first-order valence-corrected chi connectivity index (χ1v) is 9.96. The molecule has 4 aromatic rings. The molecule has 7 heteroatoms. The number of rotatable bonds is 4. The number of anilines is 2. The number of nitrogens with two attached hydrogens (primary N) is 1. The van der Waals surface area contributed by atoms with Gasteiger partial charge in [-0.2, -0.15) is 0 Å². The molecule has 0 aliphatic carbocycles. The predicted octanol–water partition coefficient (Wildman–Crippen LogP) is 6.11. The average molecular weight is 421 g/mol. The van der Waals surface area contributed by atoms with Crippen LogP contribution in [0.2, 0.25) is 0 Å². The van der Waals surface area contributed by atoms with Crippen LogP contribution in [0, 0.1) is 11.6 Å². The summed E-state index contributed by atoms with van der Waals surface area (Å²) in [5, 5.41) is 3.21. The maximum absolute atomic E-state index is 13.4. The molecule has 2 aromatic heterocycles. The summed E-state index contributed by atoms with van der Waals surface area (Å²) in [5.74, 6) is -2.52. The van der Waals surface area contributed by atoms with Gasteiger partial charge in [0.2, 0.25) is 0 Å². The Labute approximate surface area is 175 Å². The van der Waals surface area contributed by atoms with Crippen LogP contribution in [-0.4, -0.2) is 10.9 Å². The molecular formula is C23H17F2N3OS. The van der Waals surface area contributed by atoms with Gasteiger partial charge < -0.3 is 11.1 Å². The Morgan fingerprint density at radius 2 is 1.83 bits per heavy atom. The minimum absolute atomic E-state index is 0.144. The second kappa shape index (κ2) is 8.04. The van der Waals surface area contributed by atoms with Crippen LogP contribution >= 0.6 is 11.3 Å². The molecule has 4 nitrogen and oxygen atoms in total. The SMILES string of the molecule is CC=Cc1ccc(-c2ccc3c(N)c(C(=O)Nc4ccc(F)c(F)c4)sc3n2)cc1. The number of hydrogen-bond donors (Lipinski definition) is 2. The molecule has 0 unspecified atom stereocenters. The molecule has 0 saturated carbocycles. The molecule has 0 bridgehead atoms. The Bertz CT molecular complexity index is 1280. The number of aromatic nitrogens is 1. The number of fused-ring (bicyclic) bond motifs is 1. The van der Waals surface area contributed by atoms with Gasteiger partial charge in [0, 0.05) is 22.7 Å².